The first kappa shape index (κ1) is 15.7. The zero-order chi connectivity index (χ0) is 15.6. The van der Waals surface area contributed by atoms with Crippen LogP contribution in [0.15, 0.2) is 29.3 Å². The largest absolute Gasteiger partial charge is 0.392 e. The van der Waals surface area contributed by atoms with Crippen molar-refractivity contribution in [3.8, 4) is 0 Å². The number of aryl methyl sites for hydroxylation is 2. The second-order valence-corrected chi connectivity index (χ2v) is 6.73. The van der Waals surface area contributed by atoms with Gasteiger partial charge in [0, 0.05) is 13.2 Å². The molecule has 0 fully saturated rings. The van der Waals surface area contributed by atoms with E-state index in [2.05, 4.69) is 9.82 Å². The van der Waals surface area contributed by atoms with Crippen molar-refractivity contribution < 1.29 is 13.5 Å². The number of nitrogens with one attached hydrogen (secondary N) is 1. The molecule has 2 aromatic rings. The van der Waals surface area contributed by atoms with Gasteiger partial charge < -0.3 is 5.11 Å². The summed E-state index contributed by atoms with van der Waals surface area (Å²) in [7, 11) is -1.87. The van der Waals surface area contributed by atoms with Crippen LogP contribution in [-0.4, -0.2) is 23.3 Å². The summed E-state index contributed by atoms with van der Waals surface area (Å²) in [4.78, 5) is 0.197. The van der Waals surface area contributed by atoms with Crippen LogP contribution in [0.4, 0.5) is 0 Å². The first-order valence-electron chi connectivity index (χ1n) is 6.52. The van der Waals surface area contributed by atoms with E-state index >= 15 is 0 Å². The van der Waals surface area contributed by atoms with Crippen molar-refractivity contribution in [1.29, 1.82) is 0 Å². The van der Waals surface area contributed by atoms with E-state index < -0.39 is 10.0 Å². The molecule has 0 bridgehead atoms. The molecule has 1 aromatic heterocycles. The zero-order valence-corrected chi connectivity index (χ0v) is 13.1. The summed E-state index contributed by atoms with van der Waals surface area (Å²) < 4.78 is 29.0. The lowest BCUT2D eigenvalue weighted by atomic mass is 10.1. The van der Waals surface area contributed by atoms with Crippen LogP contribution in [0.1, 0.15) is 22.4 Å². The molecule has 7 heteroatoms. The molecule has 0 saturated heterocycles. The highest BCUT2D eigenvalue weighted by Crippen LogP contribution is 2.21. The minimum Gasteiger partial charge on any atom is -0.392 e. The lowest BCUT2D eigenvalue weighted by molar-refractivity contribution is 0.281. The molecule has 0 unspecified atom stereocenters. The van der Waals surface area contributed by atoms with Gasteiger partial charge in [0.25, 0.3) is 0 Å². The molecule has 0 aliphatic heterocycles. The fraction of sp³-hybridized carbons (Fsp3) is 0.357. The van der Waals surface area contributed by atoms with E-state index in [1.807, 2.05) is 6.92 Å². The van der Waals surface area contributed by atoms with Crippen molar-refractivity contribution >= 4 is 10.0 Å². The molecule has 2 rings (SSSR count). The molecule has 0 amide bonds. The second kappa shape index (κ2) is 5.97. The van der Waals surface area contributed by atoms with Crippen molar-refractivity contribution in [2.45, 2.75) is 31.9 Å². The van der Waals surface area contributed by atoms with Crippen LogP contribution in [-0.2, 0) is 30.2 Å². The highest BCUT2D eigenvalue weighted by atomic mass is 32.2. The maximum absolute atomic E-state index is 12.4. The third kappa shape index (κ3) is 3.49. The van der Waals surface area contributed by atoms with E-state index in [-0.39, 0.29) is 18.0 Å². The molecular weight excluding hydrogens is 290 g/mol. The highest BCUT2D eigenvalue weighted by Gasteiger charge is 2.19. The summed E-state index contributed by atoms with van der Waals surface area (Å²) in [5.41, 5.74) is 2.74. The Bertz CT molecular complexity index is 751. The summed E-state index contributed by atoms with van der Waals surface area (Å²) >= 11 is 0. The van der Waals surface area contributed by atoms with Crippen molar-refractivity contribution in [1.82, 2.24) is 14.5 Å². The Morgan fingerprint density at radius 3 is 2.62 bits per heavy atom. The summed E-state index contributed by atoms with van der Waals surface area (Å²) in [6, 6.07) is 5.04. The van der Waals surface area contributed by atoms with E-state index in [0.717, 1.165) is 5.56 Å². The van der Waals surface area contributed by atoms with Crippen molar-refractivity contribution in [2.75, 3.05) is 0 Å². The quantitative estimate of drug-likeness (QED) is 0.863. The molecule has 0 aliphatic carbocycles. The number of aliphatic hydroxyl groups excluding tert-OH is 1. The number of hydrogen-bond acceptors (Lipinski definition) is 4. The molecule has 0 spiro atoms. The minimum absolute atomic E-state index is 0.130. The van der Waals surface area contributed by atoms with Gasteiger partial charge in [-0.1, -0.05) is 6.07 Å². The number of benzene rings is 1. The van der Waals surface area contributed by atoms with E-state index in [9.17, 15) is 13.5 Å². The standard InChI is InChI=1S/C14H19N3O3S/c1-10-6-12(9-18)7-14(11(10)2)21(19,20)15-8-13-4-5-17(3)16-13/h4-7,15,18H,8-9H2,1-3H3. The number of hydrogen-bond donors (Lipinski definition) is 2. The van der Waals surface area contributed by atoms with Gasteiger partial charge in [0.05, 0.1) is 23.7 Å². The molecule has 1 aromatic carbocycles. The Labute approximate surface area is 124 Å². The monoisotopic (exact) mass is 309 g/mol. The maximum Gasteiger partial charge on any atom is 0.241 e. The van der Waals surface area contributed by atoms with Gasteiger partial charge in [-0.3, -0.25) is 4.68 Å². The van der Waals surface area contributed by atoms with Crippen LogP contribution < -0.4 is 4.72 Å². The Morgan fingerprint density at radius 1 is 1.33 bits per heavy atom. The third-order valence-corrected chi connectivity index (χ3v) is 4.89. The smallest absolute Gasteiger partial charge is 0.241 e. The van der Waals surface area contributed by atoms with E-state index in [1.54, 1.807) is 37.0 Å². The third-order valence-electron chi connectivity index (χ3n) is 3.36. The maximum atomic E-state index is 12.4. The van der Waals surface area contributed by atoms with Gasteiger partial charge in [0.2, 0.25) is 10.0 Å². The van der Waals surface area contributed by atoms with Crippen LogP contribution in [0, 0.1) is 13.8 Å². The van der Waals surface area contributed by atoms with E-state index in [4.69, 9.17) is 0 Å². The molecule has 6 nitrogen and oxygen atoms in total. The number of rotatable bonds is 5. The van der Waals surface area contributed by atoms with Crippen LogP contribution in [0.2, 0.25) is 0 Å². The molecule has 2 N–H and O–H groups in total. The Kier molecular flexibility index (Phi) is 4.46. The van der Waals surface area contributed by atoms with Crippen molar-refractivity contribution in [3.05, 3.63) is 46.8 Å². The second-order valence-electron chi connectivity index (χ2n) is 5.00. The van der Waals surface area contributed by atoms with Gasteiger partial charge in [-0.15, -0.1) is 0 Å². The van der Waals surface area contributed by atoms with Crippen LogP contribution in [0.25, 0.3) is 0 Å². The molecule has 114 valence electrons. The van der Waals surface area contributed by atoms with Gasteiger partial charge in [-0.05, 0) is 42.7 Å². The average molecular weight is 309 g/mol. The van der Waals surface area contributed by atoms with Crippen molar-refractivity contribution in [3.63, 3.8) is 0 Å². The van der Waals surface area contributed by atoms with Gasteiger partial charge in [0.15, 0.2) is 0 Å². The van der Waals surface area contributed by atoms with Gasteiger partial charge in [-0.2, -0.15) is 5.10 Å². The normalized spacial score (nSPS) is 11.8. The first-order chi connectivity index (χ1) is 9.83. The summed E-state index contributed by atoms with van der Waals surface area (Å²) in [5.74, 6) is 0. The van der Waals surface area contributed by atoms with Gasteiger partial charge in [-0.25, -0.2) is 13.1 Å². The Hall–Kier alpha value is -1.70. The molecule has 0 aliphatic rings. The predicted octanol–water partition coefficient (Wildman–Crippen LogP) is 1.01. The molecule has 0 radical (unpaired) electrons. The molecule has 0 saturated carbocycles. The first-order valence-corrected chi connectivity index (χ1v) is 8.01. The van der Waals surface area contributed by atoms with Gasteiger partial charge >= 0.3 is 0 Å². The molecule has 1 heterocycles. The van der Waals surface area contributed by atoms with Crippen LogP contribution >= 0.6 is 0 Å². The van der Waals surface area contributed by atoms with Crippen molar-refractivity contribution in [2.24, 2.45) is 7.05 Å². The van der Waals surface area contributed by atoms with Gasteiger partial charge in [0.1, 0.15) is 0 Å². The SMILES string of the molecule is Cc1cc(CO)cc(S(=O)(=O)NCc2ccn(C)n2)c1C. The lowest BCUT2D eigenvalue weighted by Gasteiger charge is -2.12. The van der Waals surface area contributed by atoms with E-state index in [0.29, 0.717) is 16.8 Å². The topological polar surface area (TPSA) is 84.2 Å². The lowest BCUT2D eigenvalue weighted by Crippen LogP contribution is -2.24. The molecular formula is C14H19N3O3S. The number of nitrogens with zero attached hydrogens (tertiary/aromatic N) is 2. The number of aromatic nitrogens is 2. The zero-order valence-electron chi connectivity index (χ0n) is 12.3. The summed E-state index contributed by atoms with van der Waals surface area (Å²) in [6.45, 7) is 3.52. The minimum atomic E-state index is -3.65. The highest BCUT2D eigenvalue weighted by molar-refractivity contribution is 7.89. The molecule has 21 heavy (non-hydrogen) atoms. The van der Waals surface area contributed by atoms with Crippen LogP contribution in [0.3, 0.4) is 0 Å². The fourth-order valence-electron chi connectivity index (χ4n) is 2.07. The number of sulfonamides is 1. The Morgan fingerprint density at radius 2 is 2.05 bits per heavy atom. The molecule has 0 atom stereocenters. The summed E-state index contributed by atoms with van der Waals surface area (Å²) in [6.07, 6.45) is 1.76. The fourth-order valence-corrected chi connectivity index (χ4v) is 3.44. The number of aliphatic hydroxyl groups is 1. The predicted molar refractivity (Wildman–Crippen MR) is 79.1 cm³/mol. The average Bonchev–Trinajstić information content (AvgIpc) is 2.85. The summed E-state index contributed by atoms with van der Waals surface area (Å²) in [5, 5.41) is 13.4. The Balaban J connectivity index is 2.29. The van der Waals surface area contributed by atoms with Crippen LogP contribution in [0.5, 0.6) is 0 Å². The van der Waals surface area contributed by atoms with E-state index in [1.165, 1.54) is 6.07 Å².